The lowest BCUT2D eigenvalue weighted by atomic mass is 9.98. The predicted molar refractivity (Wildman–Crippen MR) is 128 cm³/mol. The zero-order valence-electron chi connectivity index (χ0n) is 18.0. The summed E-state index contributed by atoms with van der Waals surface area (Å²) in [6.45, 7) is 8.66. The molecule has 0 aromatic heterocycles. The van der Waals surface area contributed by atoms with Crippen molar-refractivity contribution in [3.8, 4) is 0 Å². The van der Waals surface area contributed by atoms with E-state index < -0.39 is 10.0 Å². The third kappa shape index (κ3) is 5.92. The van der Waals surface area contributed by atoms with Gasteiger partial charge in [0.25, 0.3) is 10.0 Å². The molecule has 170 valence electrons. The van der Waals surface area contributed by atoms with Crippen molar-refractivity contribution in [3.63, 3.8) is 0 Å². The summed E-state index contributed by atoms with van der Waals surface area (Å²) in [5.74, 6) is 0.537. The van der Waals surface area contributed by atoms with Crippen molar-refractivity contribution in [3.05, 3.63) is 54.1 Å². The number of benzene rings is 2. The number of sulfonamides is 1. The molecule has 2 aromatic carbocycles. The third-order valence-corrected chi connectivity index (χ3v) is 7.37. The van der Waals surface area contributed by atoms with E-state index in [1.165, 1.54) is 18.4 Å². The Bertz CT molecular complexity index is 930. The minimum Gasteiger partial charge on any atom is -0.378 e. The monoisotopic (exact) mass is 465 g/mol. The quantitative estimate of drug-likeness (QED) is 0.671. The smallest absolute Gasteiger partial charge is 0.261 e. The summed E-state index contributed by atoms with van der Waals surface area (Å²) in [6, 6.07) is 14.9. The first-order valence-corrected chi connectivity index (χ1v) is 12.3. The minimum atomic E-state index is -3.61. The van der Waals surface area contributed by atoms with Crippen molar-refractivity contribution in [1.82, 2.24) is 4.90 Å². The first kappa shape index (κ1) is 23.9. The fraction of sp³-hybridized carbons (Fsp3) is 0.478. The topological polar surface area (TPSA) is 61.9 Å². The molecule has 6 nitrogen and oxygen atoms in total. The Labute approximate surface area is 192 Å². The zero-order valence-corrected chi connectivity index (χ0v) is 19.6. The summed E-state index contributed by atoms with van der Waals surface area (Å²) < 4.78 is 33.7. The molecule has 31 heavy (non-hydrogen) atoms. The van der Waals surface area contributed by atoms with Gasteiger partial charge in [0.05, 0.1) is 18.1 Å². The molecule has 1 atom stereocenters. The van der Waals surface area contributed by atoms with Crippen LogP contribution in [0.5, 0.6) is 0 Å². The zero-order chi connectivity index (χ0) is 21.0. The Morgan fingerprint density at radius 2 is 1.68 bits per heavy atom. The molecular formula is C23H32ClN3O3S. The summed E-state index contributed by atoms with van der Waals surface area (Å²) in [5, 5.41) is 0. The van der Waals surface area contributed by atoms with E-state index in [0.717, 1.165) is 38.4 Å². The van der Waals surface area contributed by atoms with E-state index in [-0.39, 0.29) is 17.3 Å². The number of halogens is 1. The van der Waals surface area contributed by atoms with Gasteiger partial charge in [0.1, 0.15) is 0 Å². The fourth-order valence-electron chi connectivity index (χ4n) is 4.32. The number of rotatable bonds is 7. The van der Waals surface area contributed by atoms with Crippen molar-refractivity contribution >= 4 is 33.8 Å². The lowest BCUT2D eigenvalue weighted by Crippen LogP contribution is -2.36. The van der Waals surface area contributed by atoms with E-state index in [1.54, 1.807) is 12.1 Å². The molecule has 0 saturated carbocycles. The van der Waals surface area contributed by atoms with Gasteiger partial charge in [0.2, 0.25) is 0 Å². The molecule has 8 heteroatoms. The van der Waals surface area contributed by atoms with Crippen molar-refractivity contribution in [2.24, 2.45) is 0 Å². The van der Waals surface area contributed by atoms with Crippen LogP contribution in [0.15, 0.2) is 53.4 Å². The Hall–Kier alpha value is -1.80. The van der Waals surface area contributed by atoms with Crippen molar-refractivity contribution in [2.75, 3.05) is 55.6 Å². The van der Waals surface area contributed by atoms with Crippen LogP contribution < -0.4 is 9.62 Å². The molecule has 0 unspecified atom stereocenters. The lowest BCUT2D eigenvalue weighted by Gasteiger charge is -2.28. The van der Waals surface area contributed by atoms with Gasteiger partial charge in [0, 0.05) is 31.0 Å². The summed E-state index contributed by atoms with van der Waals surface area (Å²) in [5.41, 5.74) is 2.90. The molecule has 4 rings (SSSR count). The van der Waals surface area contributed by atoms with E-state index in [0.29, 0.717) is 24.8 Å². The predicted octanol–water partition coefficient (Wildman–Crippen LogP) is 3.95. The second-order valence-corrected chi connectivity index (χ2v) is 9.79. The molecule has 1 N–H and O–H groups in total. The molecular weight excluding hydrogens is 434 g/mol. The van der Waals surface area contributed by atoms with E-state index >= 15 is 0 Å². The van der Waals surface area contributed by atoms with Crippen LogP contribution in [-0.2, 0) is 14.8 Å². The van der Waals surface area contributed by atoms with E-state index in [4.69, 9.17) is 4.74 Å². The van der Waals surface area contributed by atoms with Crippen LogP contribution in [0.2, 0.25) is 0 Å². The average molecular weight is 466 g/mol. The maximum Gasteiger partial charge on any atom is 0.261 e. The van der Waals surface area contributed by atoms with Crippen LogP contribution in [-0.4, -0.2) is 59.3 Å². The third-order valence-electron chi connectivity index (χ3n) is 5.97. The van der Waals surface area contributed by atoms with Crippen molar-refractivity contribution in [2.45, 2.75) is 30.6 Å². The van der Waals surface area contributed by atoms with Crippen LogP contribution in [0.3, 0.4) is 0 Å². The van der Waals surface area contributed by atoms with Crippen molar-refractivity contribution in [1.29, 1.82) is 0 Å². The number of ether oxygens (including phenoxy) is 1. The highest BCUT2D eigenvalue weighted by molar-refractivity contribution is 7.92. The number of hydrogen-bond donors (Lipinski definition) is 1. The molecule has 2 heterocycles. The van der Waals surface area contributed by atoms with Gasteiger partial charge in [-0.1, -0.05) is 19.1 Å². The Morgan fingerprint density at radius 3 is 2.32 bits per heavy atom. The highest BCUT2D eigenvalue weighted by Crippen LogP contribution is 2.28. The normalized spacial score (nSPS) is 19.8. The minimum absolute atomic E-state index is 0. The molecule has 0 amide bonds. The molecule has 2 fully saturated rings. The summed E-state index contributed by atoms with van der Waals surface area (Å²) in [7, 11) is -3.61. The molecule has 2 aliphatic rings. The second kappa shape index (κ2) is 10.7. The number of hydrogen-bond acceptors (Lipinski definition) is 5. The van der Waals surface area contributed by atoms with Crippen LogP contribution in [0.1, 0.15) is 31.2 Å². The largest absolute Gasteiger partial charge is 0.378 e. The lowest BCUT2D eigenvalue weighted by molar-refractivity contribution is 0.122. The molecule has 0 bridgehead atoms. The highest BCUT2D eigenvalue weighted by atomic mass is 35.5. The number of nitrogens with zero attached hydrogens (tertiary/aromatic N) is 2. The Morgan fingerprint density at radius 1 is 1.00 bits per heavy atom. The summed E-state index contributed by atoms with van der Waals surface area (Å²) in [6.07, 6.45) is 2.35. The standard InChI is InChI=1S/C23H31N3O3S.ClH/c1-2-12-25-13-11-20(18-25)19-3-5-21(6-4-19)24-30(27,28)23-9-7-22(8-10-23)26-14-16-29-17-15-26;/h3-10,20,24H,2,11-18H2,1H3;1H/t20-;/m1./s1. The van der Waals surface area contributed by atoms with E-state index in [1.807, 2.05) is 24.3 Å². The van der Waals surface area contributed by atoms with Gasteiger partial charge in [-0.05, 0) is 73.8 Å². The maximum absolute atomic E-state index is 12.8. The second-order valence-electron chi connectivity index (χ2n) is 8.11. The average Bonchev–Trinajstić information content (AvgIpc) is 3.24. The van der Waals surface area contributed by atoms with Gasteiger partial charge >= 0.3 is 0 Å². The molecule has 0 aliphatic carbocycles. The first-order chi connectivity index (χ1) is 14.5. The van der Waals surface area contributed by atoms with Gasteiger partial charge in [-0.3, -0.25) is 4.72 Å². The molecule has 2 aromatic rings. The van der Waals surface area contributed by atoms with Gasteiger partial charge in [-0.15, -0.1) is 12.4 Å². The number of anilines is 2. The van der Waals surface area contributed by atoms with Crippen LogP contribution in [0.25, 0.3) is 0 Å². The summed E-state index contributed by atoms with van der Waals surface area (Å²) in [4.78, 5) is 4.98. The summed E-state index contributed by atoms with van der Waals surface area (Å²) >= 11 is 0. The van der Waals surface area contributed by atoms with Gasteiger partial charge in [-0.25, -0.2) is 8.42 Å². The molecule has 0 radical (unpaired) electrons. The maximum atomic E-state index is 12.8. The van der Waals surface area contributed by atoms with E-state index in [2.05, 4.69) is 33.6 Å². The number of nitrogens with one attached hydrogen (secondary N) is 1. The SMILES string of the molecule is CCCN1CC[C@@H](c2ccc(NS(=O)(=O)c3ccc(N4CCOCC4)cc3)cc2)C1.Cl. The number of likely N-dealkylation sites (tertiary alicyclic amines) is 1. The van der Waals surface area contributed by atoms with Gasteiger partial charge in [0.15, 0.2) is 0 Å². The van der Waals surface area contributed by atoms with Crippen molar-refractivity contribution < 1.29 is 13.2 Å². The van der Waals surface area contributed by atoms with Gasteiger partial charge in [-0.2, -0.15) is 0 Å². The fourth-order valence-corrected chi connectivity index (χ4v) is 5.38. The number of morpholine rings is 1. The first-order valence-electron chi connectivity index (χ1n) is 10.8. The van der Waals surface area contributed by atoms with E-state index in [9.17, 15) is 8.42 Å². The van der Waals surface area contributed by atoms with Crippen LogP contribution in [0.4, 0.5) is 11.4 Å². The Balaban J connectivity index is 0.00000272. The Kier molecular flexibility index (Phi) is 8.22. The highest BCUT2D eigenvalue weighted by Gasteiger charge is 2.23. The van der Waals surface area contributed by atoms with Crippen LogP contribution >= 0.6 is 12.4 Å². The van der Waals surface area contributed by atoms with Gasteiger partial charge < -0.3 is 14.5 Å². The molecule has 0 spiro atoms. The molecule has 2 saturated heterocycles. The van der Waals surface area contributed by atoms with Crippen LogP contribution in [0, 0.1) is 0 Å². The molecule has 2 aliphatic heterocycles.